The summed E-state index contributed by atoms with van der Waals surface area (Å²) in [6, 6.07) is 0. The zero-order valence-electron chi connectivity index (χ0n) is 8.71. The topological polar surface area (TPSA) is 26.3 Å². The van der Waals surface area contributed by atoms with Gasteiger partial charge in [0.2, 0.25) is 0 Å². The molecule has 2 unspecified atom stereocenters. The fourth-order valence-corrected chi connectivity index (χ4v) is 2.33. The number of ether oxygens (including phenoxy) is 1. The highest BCUT2D eigenvalue weighted by Gasteiger charge is 2.28. The Bertz CT molecular complexity index is 165. The standard InChI is InChI=1S/C11H20O2/c1-3-9-7-5-4-6-8-10(9)11(12)13-2/h9-10H,3-8H2,1-2H3. The van der Waals surface area contributed by atoms with E-state index in [0.29, 0.717) is 5.92 Å². The fraction of sp³-hybridized carbons (Fsp3) is 0.909. The monoisotopic (exact) mass is 184 g/mol. The third-order valence-electron chi connectivity index (χ3n) is 3.19. The van der Waals surface area contributed by atoms with Gasteiger partial charge in [-0.1, -0.05) is 32.6 Å². The predicted molar refractivity (Wildman–Crippen MR) is 52.4 cm³/mol. The van der Waals surface area contributed by atoms with Gasteiger partial charge in [-0.25, -0.2) is 0 Å². The summed E-state index contributed by atoms with van der Waals surface area (Å²) in [7, 11) is 1.50. The van der Waals surface area contributed by atoms with Crippen molar-refractivity contribution in [3.8, 4) is 0 Å². The Balaban J connectivity index is 2.58. The molecule has 0 saturated heterocycles. The van der Waals surface area contributed by atoms with Gasteiger partial charge in [0.05, 0.1) is 13.0 Å². The van der Waals surface area contributed by atoms with Crippen molar-refractivity contribution in [2.24, 2.45) is 11.8 Å². The Morgan fingerprint density at radius 2 is 2.00 bits per heavy atom. The lowest BCUT2D eigenvalue weighted by atomic mass is 9.86. The van der Waals surface area contributed by atoms with Gasteiger partial charge < -0.3 is 4.74 Å². The van der Waals surface area contributed by atoms with E-state index in [0.717, 1.165) is 12.8 Å². The molecular formula is C11H20O2. The Morgan fingerprint density at radius 1 is 1.31 bits per heavy atom. The third kappa shape index (κ3) is 2.71. The number of methoxy groups -OCH3 is 1. The molecule has 0 bridgehead atoms. The van der Waals surface area contributed by atoms with Crippen LogP contribution in [-0.4, -0.2) is 13.1 Å². The quantitative estimate of drug-likeness (QED) is 0.487. The molecule has 0 aliphatic heterocycles. The highest BCUT2D eigenvalue weighted by atomic mass is 16.5. The molecule has 0 heterocycles. The second-order valence-corrected chi connectivity index (χ2v) is 3.94. The molecule has 1 fully saturated rings. The van der Waals surface area contributed by atoms with Crippen LogP contribution in [0.1, 0.15) is 45.4 Å². The Kier molecular flexibility index (Phi) is 4.26. The summed E-state index contributed by atoms with van der Waals surface area (Å²) in [5, 5.41) is 0. The van der Waals surface area contributed by atoms with Gasteiger partial charge in [0.15, 0.2) is 0 Å². The zero-order chi connectivity index (χ0) is 9.68. The minimum atomic E-state index is 0.00810. The highest BCUT2D eigenvalue weighted by molar-refractivity contribution is 5.72. The van der Waals surface area contributed by atoms with Crippen LogP contribution in [0.4, 0.5) is 0 Å². The third-order valence-corrected chi connectivity index (χ3v) is 3.19. The lowest BCUT2D eigenvalue weighted by Gasteiger charge is -2.20. The molecule has 0 amide bonds. The summed E-state index contributed by atoms with van der Waals surface area (Å²) in [5.41, 5.74) is 0. The first kappa shape index (κ1) is 10.6. The summed E-state index contributed by atoms with van der Waals surface area (Å²) in [6.07, 6.45) is 7.10. The van der Waals surface area contributed by atoms with Crippen molar-refractivity contribution < 1.29 is 9.53 Å². The Hall–Kier alpha value is -0.530. The molecule has 1 aliphatic rings. The van der Waals surface area contributed by atoms with Crippen molar-refractivity contribution in [2.45, 2.75) is 45.4 Å². The smallest absolute Gasteiger partial charge is 0.308 e. The van der Waals surface area contributed by atoms with Gasteiger partial charge in [0.1, 0.15) is 0 Å². The first-order valence-corrected chi connectivity index (χ1v) is 5.37. The minimum Gasteiger partial charge on any atom is -0.469 e. The van der Waals surface area contributed by atoms with Gasteiger partial charge in [-0.05, 0) is 18.8 Å². The second kappa shape index (κ2) is 5.25. The molecule has 2 nitrogen and oxygen atoms in total. The number of carbonyl (C=O) groups is 1. The minimum absolute atomic E-state index is 0.00810. The van der Waals surface area contributed by atoms with Gasteiger partial charge in [-0.2, -0.15) is 0 Å². The van der Waals surface area contributed by atoms with Gasteiger partial charge in [-0.3, -0.25) is 4.79 Å². The van der Waals surface area contributed by atoms with Crippen molar-refractivity contribution in [1.29, 1.82) is 0 Å². The molecule has 2 heteroatoms. The van der Waals surface area contributed by atoms with Crippen LogP contribution < -0.4 is 0 Å². The first-order chi connectivity index (χ1) is 6.29. The molecule has 0 aromatic rings. The van der Waals surface area contributed by atoms with Crippen LogP contribution in [0.25, 0.3) is 0 Å². The van der Waals surface area contributed by atoms with E-state index >= 15 is 0 Å². The second-order valence-electron chi connectivity index (χ2n) is 3.94. The zero-order valence-corrected chi connectivity index (χ0v) is 8.71. The number of hydrogen-bond acceptors (Lipinski definition) is 2. The molecule has 1 rings (SSSR count). The lowest BCUT2D eigenvalue weighted by Crippen LogP contribution is -2.23. The van der Waals surface area contributed by atoms with E-state index in [1.165, 1.54) is 32.8 Å². The van der Waals surface area contributed by atoms with Gasteiger partial charge >= 0.3 is 5.97 Å². The molecule has 0 spiro atoms. The van der Waals surface area contributed by atoms with Crippen LogP contribution in [0.15, 0.2) is 0 Å². The Morgan fingerprint density at radius 3 is 2.62 bits per heavy atom. The summed E-state index contributed by atoms with van der Waals surface area (Å²) in [5.74, 6) is 0.751. The lowest BCUT2D eigenvalue weighted by molar-refractivity contribution is -0.147. The van der Waals surface area contributed by atoms with E-state index in [-0.39, 0.29) is 11.9 Å². The average molecular weight is 184 g/mol. The van der Waals surface area contributed by atoms with Gasteiger partial charge in [-0.15, -0.1) is 0 Å². The summed E-state index contributed by atoms with van der Waals surface area (Å²) in [4.78, 5) is 11.5. The SMILES string of the molecule is CCC1CCCCCC1C(=O)OC. The predicted octanol–water partition coefficient (Wildman–Crippen LogP) is 2.77. The summed E-state index contributed by atoms with van der Waals surface area (Å²) in [6.45, 7) is 2.17. The molecule has 1 saturated carbocycles. The Labute approximate surface area is 80.7 Å². The molecule has 0 aromatic carbocycles. The van der Waals surface area contributed by atoms with E-state index in [1.54, 1.807) is 0 Å². The first-order valence-electron chi connectivity index (χ1n) is 5.37. The average Bonchev–Trinajstić information content (AvgIpc) is 2.41. The number of hydrogen-bond donors (Lipinski definition) is 0. The van der Waals surface area contributed by atoms with Crippen molar-refractivity contribution in [3.05, 3.63) is 0 Å². The summed E-state index contributed by atoms with van der Waals surface area (Å²) >= 11 is 0. The van der Waals surface area contributed by atoms with Crippen molar-refractivity contribution in [3.63, 3.8) is 0 Å². The largest absolute Gasteiger partial charge is 0.469 e. The normalized spacial score (nSPS) is 29.4. The molecule has 2 atom stereocenters. The number of rotatable bonds is 2. The van der Waals surface area contributed by atoms with Gasteiger partial charge in [0.25, 0.3) is 0 Å². The van der Waals surface area contributed by atoms with Crippen molar-refractivity contribution in [2.75, 3.05) is 7.11 Å². The van der Waals surface area contributed by atoms with E-state index < -0.39 is 0 Å². The van der Waals surface area contributed by atoms with Crippen LogP contribution in [-0.2, 0) is 9.53 Å². The van der Waals surface area contributed by atoms with E-state index in [2.05, 4.69) is 6.92 Å². The van der Waals surface area contributed by atoms with Crippen molar-refractivity contribution >= 4 is 5.97 Å². The molecule has 1 aliphatic carbocycles. The highest BCUT2D eigenvalue weighted by Crippen LogP contribution is 2.31. The molecule has 13 heavy (non-hydrogen) atoms. The van der Waals surface area contributed by atoms with E-state index in [4.69, 9.17) is 4.74 Å². The molecule has 0 aromatic heterocycles. The molecule has 76 valence electrons. The maximum atomic E-state index is 11.5. The van der Waals surface area contributed by atoms with E-state index in [1.807, 2.05) is 0 Å². The van der Waals surface area contributed by atoms with Crippen LogP contribution in [0.2, 0.25) is 0 Å². The molecule has 0 N–H and O–H groups in total. The van der Waals surface area contributed by atoms with Crippen LogP contribution in [0.5, 0.6) is 0 Å². The maximum Gasteiger partial charge on any atom is 0.308 e. The number of carbonyl (C=O) groups excluding carboxylic acids is 1. The summed E-state index contributed by atoms with van der Waals surface area (Å²) < 4.78 is 4.84. The van der Waals surface area contributed by atoms with Crippen LogP contribution >= 0.6 is 0 Å². The molecule has 0 radical (unpaired) electrons. The fourth-order valence-electron chi connectivity index (χ4n) is 2.33. The van der Waals surface area contributed by atoms with Crippen LogP contribution in [0.3, 0.4) is 0 Å². The number of esters is 1. The molecular weight excluding hydrogens is 164 g/mol. The van der Waals surface area contributed by atoms with Gasteiger partial charge in [0, 0.05) is 0 Å². The van der Waals surface area contributed by atoms with Crippen LogP contribution in [0, 0.1) is 11.8 Å². The van der Waals surface area contributed by atoms with E-state index in [9.17, 15) is 4.79 Å². The maximum absolute atomic E-state index is 11.5. The van der Waals surface area contributed by atoms with Crippen molar-refractivity contribution in [1.82, 2.24) is 0 Å².